The first kappa shape index (κ1) is 13.2. The van der Waals surface area contributed by atoms with Crippen LogP contribution in [0.4, 0.5) is 0 Å². The molecule has 3 rings (SSSR count). The highest BCUT2D eigenvalue weighted by Crippen LogP contribution is 2.33. The summed E-state index contributed by atoms with van der Waals surface area (Å²) in [4.78, 5) is 0. The fourth-order valence-electron chi connectivity index (χ4n) is 2.69. The lowest BCUT2D eigenvalue weighted by Crippen LogP contribution is -2.08. The number of methoxy groups -OCH3 is 1. The van der Waals surface area contributed by atoms with Crippen molar-refractivity contribution < 1.29 is 4.74 Å². The zero-order valence-corrected chi connectivity index (χ0v) is 11.3. The van der Waals surface area contributed by atoms with Crippen molar-refractivity contribution in [3.8, 4) is 5.75 Å². The van der Waals surface area contributed by atoms with E-state index < -0.39 is 0 Å². The minimum absolute atomic E-state index is 0. The Morgan fingerprint density at radius 1 is 1.22 bits per heavy atom. The summed E-state index contributed by atoms with van der Waals surface area (Å²) in [6, 6.07) is 12.9. The van der Waals surface area contributed by atoms with Crippen LogP contribution >= 0.6 is 12.4 Å². The maximum absolute atomic E-state index is 5.40. The smallest absolute Gasteiger partial charge is 0.119 e. The Balaban J connectivity index is 0.00000120. The number of ether oxygens (including phenoxy) is 1. The molecule has 1 atom stereocenters. The van der Waals surface area contributed by atoms with Crippen LogP contribution in [0.1, 0.15) is 17.9 Å². The van der Waals surface area contributed by atoms with Gasteiger partial charge in [0.15, 0.2) is 0 Å². The van der Waals surface area contributed by atoms with Crippen molar-refractivity contribution in [2.75, 3.05) is 20.2 Å². The number of rotatable bonds is 2. The van der Waals surface area contributed by atoms with Gasteiger partial charge in [-0.1, -0.05) is 24.3 Å². The first-order chi connectivity index (χ1) is 8.38. The van der Waals surface area contributed by atoms with Gasteiger partial charge in [-0.25, -0.2) is 0 Å². The molecule has 0 aromatic heterocycles. The summed E-state index contributed by atoms with van der Waals surface area (Å²) in [6.45, 7) is 2.20. The third-order valence-corrected chi connectivity index (χ3v) is 3.60. The first-order valence-electron chi connectivity index (χ1n) is 6.16. The number of benzene rings is 2. The molecule has 96 valence electrons. The molecule has 1 aliphatic heterocycles. The van der Waals surface area contributed by atoms with E-state index in [0.29, 0.717) is 5.92 Å². The first-order valence-corrected chi connectivity index (χ1v) is 6.16. The fourth-order valence-corrected chi connectivity index (χ4v) is 2.69. The van der Waals surface area contributed by atoms with Crippen LogP contribution in [0.5, 0.6) is 5.75 Å². The molecule has 2 aromatic rings. The summed E-state index contributed by atoms with van der Waals surface area (Å²) in [5.74, 6) is 1.58. The molecule has 1 fully saturated rings. The molecule has 1 heterocycles. The van der Waals surface area contributed by atoms with Gasteiger partial charge in [-0.05, 0) is 47.4 Å². The standard InChI is InChI=1S/C15H17NO.ClH/c1-17-13-8-11-4-2-3-5-14(11)15(9-13)12-6-7-16-10-12;/h2-5,8-9,12,16H,6-7,10H2,1H3;1H. The molecule has 0 aliphatic carbocycles. The van der Waals surface area contributed by atoms with Gasteiger partial charge >= 0.3 is 0 Å². The van der Waals surface area contributed by atoms with Gasteiger partial charge in [0.2, 0.25) is 0 Å². The van der Waals surface area contributed by atoms with Crippen LogP contribution in [0, 0.1) is 0 Å². The topological polar surface area (TPSA) is 21.3 Å². The van der Waals surface area contributed by atoms with E-state index in [1.807, 2.05) is 0 Å². The number of halogens is 1. The minimum Gasteiger partial charge on any atom is -0.497 e. The molecule has 2 aromatic carbocycles. The van der Waals surface area contributed by atoms with E-state index >= 15 is 0 Å². The normalized spacial score (nSPS) is 18.6. The van der Waals surface area contributed by atoms with Crippen molar-refractivity contribution in [3.63, 3.8) is 0 Å². The highest BCUT2D eigenvalue weighted by Gasteiger charge is 2.19. The second kappa shape index (κ2) is 5.59. The predicted molar refractivity (Wildman–Crippen MR) is 78.0 cm³/mol. The van der Waals surface area contributed by atoms with E-state index in [4.69, 9.17) is 4.74 Å². The van der Waals surface area contributed by atoms with Crippen LogP contribution in [-0.2, 0) is 0 Å². The average Bonchev–Trinajstić information content (AvgIpc) is 2.91. The lowest BCUT2D eigenvalue weighted by Gasteiger charge is -2.14. The Kier molecular flexibility index (Phi) is 4.10. The second-order valence-electron chi connectivity index (χ2n) is 4.63. The molecule has 3 heteroatoms. The van der Waals surface area contributed by atoms with Crippen LogP contribution in [0.3, 0.4) is 0 Å². The Morgan fingerprint density at radius 3 is 2.78 bits per heavy atom. The molecule has 18 heavy (non-hydrogen) atoms. The van der Waals surface area contributed by atoms with Gasteiger partial charge in [0.05, 0.1) is 7.11 Å². The zero-order chi connectivity index (χ0) is 11.7. The van der Waals surface area contributed by atoms with Crippen molar-refractivity contribution >= 4 is 23.2 Å². The number of nitrogens with one attached hydrogen (secondary N) is 1. The third-order valence-electron chi connectivity index (χ3n) is 3.60. The summed E-state index contributed by atoms with van der Waals surface area (Å²) in [6.07, 6.45) is 1.22. The Labute approximate surface area is 114 Å². The van der Waals surface area contributed by atoms with Crippen LogP contribution in [0.2, 0.25) is 0 Å². The average molecular weight is 264 g/mol. The van der Waals surface area contributed by atoms with Gasteiger partial charge in [-0.15, -0.1) is 12.4 Å². The lowest BCUT2D eigenvalue weighted by atomic mass is 9.92. The molecule has 1 N–H and O–H groups in total. The van der Waals surface area contributed by atoms with Crippen molar-refractivity contribution in [2.24, 2.45) is 0 Å². The SMILES string of the molecule is COc1cc(C2CCNC2)c2ccccc2c1.Cl. The van der Waals surface area contributed by atoms with E-state index in [-0.39, 0.29) is 12.4 Å². The third kappa shape index (κ3) is 2.31. The molecule has 0 spiro atoms. The van der Waals surface area contributed by atoms with Crippen LogP contribution in [0.25, 0.3) is 10.8 Å². The molecule has 2 nitrogen and oxygen atoms in total. The molecular weight excluding hydrogens is 246 g/mol. The maximum Gasteiger partial charge on any atom is 0.119 e. The highest BCUT2D eigenvalue weighted by atomic mass is 35.5. The maximum atomic E-state index is 5.40. The van der Waals surface area contributed by atoms with E-state index in [1.165, 1.54) is 22.8 Å². The van der Waals surface area contributed by atoms with E-state index in [9.17, 15) is 0 Å². The molecule has 1 saturated heterocycles. The van der Waals surface area contributed by atoms with E-state index in [2.05, 4.69) is 41.7 Å². The van der Waals surface area contributed by atoms with Crippen LogP contribution in [0.15, 0.2) is 36.4 Å². The zero-order valence-electron chi connectivity index (χ0n) is 10.5. The Hall–Kier alpha value is -1.25. The molecule has 1 unspecified atom stereocenters. The van der Waals surface area contributed by atoms with Gasteiger partial charge in [0.25, 0.3) is 0 Å². The van der Waals surface area contributed by atoms with Gasteiger partial charge in [0, 0.05) is 6.54 Å². The lowest BCUT2D eigenvalue weighted by molar-refractivity contribution is 0.414. The Morgan fingerprint density at radius 2 is 2.06 bits per heavy atom. The predicted octanol–water partition coefficient (Wildman–Crippen LogP) is 3.35. The van der Waals surface area contributed by atoms with Gasteiger partial charge in [0.1, 0.15) is 5.75 Å². The molecule has 0 amide bonds. The highest BCUT2D eigenvalue weighted by molar-refractivity contribution is 5.87. The van der Waals surface area contributed by atoms with E-state index in [0.717, 1.165) is 18.8 Å². The largest absolute Gasteiger partial charge is 0.497 e. The van der Waals surface area contributed by atoms with Gasteiger partial charge in [-0.2, -0.15) is 0 Å². The molecule has 0 radical (unpaired) electrons. The number of fused-ring (bicyclic) bond motifs is 1. The molecular formula is C15H18ClNO. The molecule has 1 aliphatic rings. The van der Waals surface area contributed by atoms with Gasteiger partial charge in [-0.3, -0.25) is 0 Å². The summed E-state index contributed by atoms with van der Waals surface area (Å²) in [5.41, 5.74) is 1.42. The monoisotopic (exact) mass is 263 g/mol. The van der Waals surface area contributed by atoms with Crippen molar-refractivity contribution in [1.29, 1.82) is 0 Å². The quantitative estimate of drug-likeness (QED) is 0.897. The van der Waals surface area contributed by atoms with Crippen molar-refractivity contribution in [2.45, 2.75) is 12.3 Å². The van der Waals surface area contributed by atoms with Crippen molar-refractivity contribution in [3.05, 3.63) is 42.0 Å². The summed E-state index contributed by atoms with van der Waals surface area (Å²) >= 11 is 0. The Bertz CT molecular complexity index is 535. The van der Waals surface area contributed by atoms with E-state index in [1.54, 1.807) is 7.11 Å². The second-order valence-corrected chi connectivity index (χ2v) is 4.63. The van der Waals surface area contributed by atoms with Gasteiger partial charge < -0.3 is 10.1 Å². The van der Waals surface area contributed by atoms with Crippen LogP contribution in [-0.4, -0.2) is 20.2 Å². The number of hydrogen-bond donors (Lipinski definition) is 1. The molecule has 0 bridgehead atoms. The number of hydrogen-bond acceptors (Lipinski definition) is 2. The molecule has 0 saturated carbocycles. The van der Waals surface area contributed by atoms with Crippen LogP contribution < -0.4 is 10.1 Å². The fraction of sp³-hybridized carbons (Fsp3) is 0.333. The van der Waals surface area contributed by atoms with Crippen molar-refractivity contribution in [1.82, 2.24) is 5.32 Å². The summed E-state index contributed by atoms with van der Waals surface area (Å²) in [5, 5.41) is 6.07. The summed E-state index contributed by atoms with van der Waals surface area (Å²) < 4.78 is 5.40. The summed E-state index contributed by atoms with van der Waals surface area (Å²) in [7, 11) is 1.74. The minimum atomic E-state index is 0.